The van der Waals surface area contributed by atoms with Crippen LogP contribution in [-0.4, -0.2) is 4.70 Å². The van der Waals surface area contributed by atoms with Gasteiger partial charge >= 0.3 is 0 Å². The Morgan fingerprint density at radius 1 is 0.600 bits per heavy atom. The molecule has 0 aliphatic carbocycles. The van der Waals surface area contributed by atoms with Crippen LogP contribution in [0.3, 0.4) is 0 Å². The maximum absolute atomic E-state index is 11.9. The summed E-state index contributed by atoms with van der Waals surface area (Å²) < 4.78 is 1.52. The molecule has 216 valence electrons. The molecule has 1 aliphatic rings. The lowest BCUT2D eigenvalue weighted by atomic mass is 9.93. The van der Waals surface area contributed by atoms with Crippen molar-refractivity contribution >= 4 is 11.4 Å². The Balaban J connectivity index is 1.98. The number of benzene rings is 2. The van der Waals surface area contributed by atoms with Crippen LogP contribution in [0.25, 0.3) is 16.9 Å². The summed E-state index contributed by atoms with van der Waals surface area (Å²) in [6.07, 6.45) is 23.7. The molecule has 0 amide bonds. The number of nitrogens with zero attached hydrogens (tertiary/aromatic N) is 2. The third kappa shape index (κ3) is 9.15. The molecule has 0 atom stereocenters. The third-order valence-corrected chi connectivity index (χ3v) is 8.10. The van der Waals surface area contributed by atoms with E-state index in [9.17, 15) is 5.53 Å². The van der Waals surface area contributed by atoms with E-state index in [4.69, 9.17) is 0 Å². The Morgan fingerprint density at radius 2 is 1.15 bits per heavy atom. The minimum atomic E-state index is 0.939. The van der Waals surface area contributed by atoms with Gasteiger partial charge in [-0.15, -0.1) is 0 Å². The predicted octanol–water partition coefficient (Wildman–Crippen LogP) is 12.0. The smallest absolute Gasteiger partial charge is 0.215 e. The van der Waals surface area contributed by atoms with Crippen molar-refractivity contribution in [2.75, 3.05) is 0 Å². The summed E-state index contributed by atoms with van der Waals surface area (Å²) in [5.74, 6) is 0. The minimum Gasteiger partial charge on any atom is -0.493 e. The molecule has 40 heavy (non-hydrogen) atoms. The van der Waals surface area contributed by atoms with Crippen molar-refractivity contribution < 1.29 is 4.70 Å². The van der Waals surface area contributed by atoms with E-state index in [2.05, 4.69) is 88.4 Å². The summed E-state index contributed by atoms with van der Waals surface area (Å²) in [5.41, 5.74) is 21.3. The van der Waals surface area contributed by atoms with Crippen LogP contribution < -0.4 is 0 Å². The summed E-state index contributed by atoms with van der Waals surface area (Å²) in [5, 5.41) is 0. The van der Waals surface area contributed by atoms with Gasteiger partial charge in [-0.3, -0.25) is 0 Å². The Labute approximate surface area is 245 Å². The quantitative estimate of drug-likeness (QED) is 0.125. The lowest BCUT2D eigenvalue weighted by Gasteiger charge is -2.11. The second-order valence-electron chi connectivity index (χ2n) is 11.6. The first-order chi connectivity index (χ1) is 19.6. The van der Waals surface area contributed by atoms with Crippen molar-refractivity contribution in [3.05, 3.63) is 99.6 Å². The first-order valence-corrected chi connectivity index (χ1v) is 16.5. The summed E-state index contributed by atoms with van der Waals surface area (Å²) in [6, 6.07) is 17.8. The minimum absolute atomic E-state index is 0.939. The Kier molecular flexibility index (Phi) is 14.2. The number of hydrogen-bond donors (Lipinski definition) is 0. The van der Waals surface area contributed by atoms with Gasteiger partial charge in [0.2, 0.25) is 11.4 Å². The monoisotopic (exact) mass is 538 g/mol. The number of aryl methyl sites for hydroxylation is 2. The van der Waals surface area contributed by atoms with E-state index < -0.39 is 0 Å². The molecule has 2 aromatic rings. The number of hydrogen-bond acceptors (Lipinski definition) is 0. The van der Waals surface area contributed by atoms with E-state index in [0.717, 1.165) is 67.5 Å². The maximum atomic E-state index is 11.9. The standard InChI is InChI=1S/C38H54N2/c1-5-9-13-14-15-18-22-32-24-20-26-34(30-32)38-36(28-17-11-7-3)35(27-12-8-4)37(40(38)39)33-25-19-23-31(29-33)21-16-10-6-2/h17,19-20,23-26,28-30H,5-16,18,21-22,27H2,1-4H3. The molecule has 0 saturated heterocycles. The van der Waals surface area contributed by atoms with Crippen LogP contribution in [0.15, 0.2) is 71.8 Å². The van der Waals surface area contributed by atoms with E-state index in [0.29, 0.717) is 0 Å². The molecule has 0 radical (unpaired) electrons. The van der Waals surface area contributed by atoms with Crippen molar-refractivity contribution in [2.24, 2.45) is 0 Å². The lowest BCUT2D eigenvalue weighted by molar-refractivity contribution is -0.345. The molecule has 0 aromatic heterocycles. The van der Waals surface area contributed by atoms with Gasteiger partial charge in [-0.25, -0.2) is 4.70 Å². The van der Waals surface area contributed by atoms with Crippen LogP contribution in [0.4, 0.5) is 0 Å². The average Bonchev–Trinajstić information content (AvgIpc) is 3.25. The van der Waals surface area contributed by atoms with Crippen LogP contribution in [0, 0.1) is 0 Å². The van der Waals surface area contributed by atoms with Gasteiger partial charge in [-0.2, -0.15) is 0 Å². The van der Waals surface area contributed by atoms with Crippen molar-refractivity contribution in [1.82, 2.24) is 0 Å². The highest BCUT2D eigenvalue weighted by Crippen LogP contribution is 2.43. The van der Waals surface area contributed by atoms with Gasteiger partial charge < -0.3 is 5.53 Å². The molecule has 1 heterocycles. The van der Waals surface area contributed by atoms with Crippen molar-refractivity contribution in [3.8, 4) is 0 Å². The SMILES string of the molecule is CCCC=CC1=C(c2cccc(CCCCCCCC)c2)[N+](=[N-])C(c2cccc(CCCCC)c2)=C1CCCC. The fraction of sp³-hybridized carbons (Fsp3) is 0.526. The lowest BCUT2D eigenvalue weighted by Crippen LogP contribution is -2.03. The fourth-order valence-corrected chi connectivity index (χ4v) is 5.79. The molecule has 0 spiro atoms. The topological polar surface area (TPSA) is 25.3 Å². The highest BCUT2D eigenvalue weighted by Gasteiger charge is 2.34. The van der Waals surface area contributed by atoms with Crippen molar-refractivity contribution in [3.63, 3.8) is 0 Å². The molecule has 1 aliphatic heterocycles. The summed E-state index contributed by atoms with van der Waals surface area (Å²) in [4.78, 5) is 0. The maximum Gasteiger partial charge on any atom is 0.215 e. The van der Waals surface area contributed by atoms with Crippen LogP contribution in [-0.2, 0) is 12.8 Å². The molecule has 3 rings (SSSR count). The molecule has 2 aromatic carbocycles. The van der Waals surface area contributed by atoms with Gasteiger partial charge in [0.25, 0.3) is 0 Å². The van der Waals surface area contributed by atoms with Gasteiger partial charge in [-0.1, -0.05) is 122 Å². The zero-order chi connectivity index (χ0) is 28.6. The average molecular weight is 539 g/mol. The predicted molar refractivity (Wildman–Crippen MR) is 174 cm³/mol. The van der Waals surface area contributed by atoms with E-state index in [1.165, 1.54) is 84.8 Å². The van der Waals surface area contributed by atoms with Crippen molar-refractivity contribution in [2.45, 2.75) is 130 Å². The number of rotatable bonds is 19. The normalized spacial score (nSPS) is 13.8. The molecule has 0 N–H and O–H groups in total. The highest BCUT2D eigenvalue weighted by atomic mass is 15.2. The molecule has 0 bridgehead atoms. The molecule has 0 saturated carbocycles. The van der Waals surface area contributed by atoms with E-state index >= 15 is 0 Å². The first kappa shape index (κ1) is 31.8. The highest BCUT2D eigenvalue weighted by molar-refractivity contribution is 5.84. The Morgan fingerprint density at radius 3 is 1.77 bits per heavy atom. The molecule has 0 fully saturated rings. The summed E-state index contributed by atoms with van der Waals surface area (Å²) in [6.45, 7) is 9.01. The van der Waals surface area contributed by atoms with Gasteiger partial charge in [0, 0.05) is 16.7 Å². The number of allylic oxidation sites excluding steroid dienone is 4. The Hall–Kier alpha value is -2.74. The molecular formula is C38H54N2. The second-order valence-corrected chi connectivity index (χ2v) is 11.6. The van der Waals surface area contributed by atoms with Gasteiger partial charge in [0.15, 0.2) is 0 Å². The first-order valence-electron chi connectivity index (χ1n) is 16.5. The van der Waals surface area contributed by atoms with Gasteiger partial charge in [0.1, 0.15) is 0 Å². The summed E-state index contributed by atoms with van der Waals surface area (Å²) >= 11 is 0. The van der Waals surface area contributed by atoms with Crippen LogP contribution >= 0.6 is 0 Å². The fourth-order valence-electron chi connectivity index (χ4n) is 5.79. The largest absolute Gasteiger partial charge is 0.493 e. The molecule has 2 heteroatoms. The third-order valence-electron chi connectivity index (χ3n) is 8.10. The second kappa shape index (κ2) is 17.8. The zero-order valence-electron chi connectivity index (χ0n) is 26.0. The molecular weight excluding hydrogens is 484 g/mol. The van der Waals surface area contributed by atoms with E-state index in [-0.39, 0.29) is 0 Å². The van der Waals surface area contributed by atoms with Crippen LogP contribution in [0.1, 0.15) is 140 Å². The zero-order valence-corrected chi connectivity index (χ0v) is 26.0. The van der Waals surface area contributed by atoms with Crippen molar-refractivity contribution in [1.29, 1.82) is 0 Å². The summed E-state index contributed by atoms with van der Waals surface area (Å²) in [7, 11) is 0. The van der Waals surface area contributed by atoms with Crippen LogP contribution in [0.2, 0.25) is 0 Å². The number of unbranched alkanes of at least 4 members (excludes halogenated alkanes) is 9. The van der Waals surface area contributed by atoms with Gasteiger partial charge in [0.05, 0.1) is 5.57 Å². The van der Waals surface area contributed by atoms with Crippen LogP contribution in [0.5, 0.6) is 0 Å². The van der Waals surface area contributed by atoms with Gasteiger partial charge in [-0.05, 0) is 80.3 Å². The molecule has 0 unspecified atom stereocenters. The Bertz CT molecular complexity index is 1160. The molecule has 2 nitrogen and oxygen atoms in total. The van der Waals surface area contributed by atoms with E-state index in [1.807, 2.05) is 0 Å². The van der Waals surface area contributed by atoms with E-state index in [1.54, 1.807) is 0 Å².